The third-order valence-corrected chi connectivity index (χ3v) is 4.68. The minimum absolute atomic E-state index is 0.105. The lowest BCUT2D eigenvalue weighted by Crippen LogP contribution is -2.44. The first-order chi connectivity index (χ1) is 10.6. The molecule has 1 saturated heterocycles. The van der Waals surface area contributed by atoms with Crippen LogP contribution in [0.5, 0.6) is 0 Å². The maximum absolute atomic E-state index is 12.4. The first-order valence-corrected chi connectivity index (χ1v) is 8.14. The molecule has 0 saturated carbocycles. The Hall–Kier alpha value is -2.15. The van der Waals surface area contributed by atoms with Crippen molar-refractivity contribution in [2.75, 3.05) is 18.4 Å². The molecular formula is C15H18N4O2S. The van der Waals surface area contributed by atoms with E-state index in [0.717, 1.165) is 17.7 Å². The number of urea groups is 1. The van der Waals surface area contributed by atoms with Crippen LogP contribution in [0.15, 0.2) is 29.9 Å². The van der Waals surface area contributed by atoms with E-state index in [1.807, 2.05) is 17.5 Å². The molecule has 116 valence electrons. The molecule has 2 aromatic rings. The number of nitrogens with one attached hydrogen (secondary N) is 1. The van der Waals surface area contributed by atoms with Crippen LogP contribution in [-0.2, 0) is 7.05 Å². The Morgan fingerprint density at radius 2 is 2.32 bits per heavy atom. The van der Waals surface area contributed by atoms with Gasteiger partial charge in [0, 0.05) is 32.3 Å². The summed E-state index contributed by atoms with van der Waals surface area (Å²) in [6.45, 7) is 1.16. The minimum atomic E-state index is -0.170. The van der Waals surface area contributed by atoms with E-state index in [-0.39, 0.29) is 17.7 Å². The van der Waals surface area contributed by atoms with Crippen molar-refractivity contribution in [3.05, 3.63) is 34.8 Å². The van der Waals surface area contributed by atoms with Gasteiger partial charge in [-0.15, -0.1) is 11.3 Å². The molecule has 1 aliphatic heterocycles. The van der Waals surface area contributed by atoms with Crippen molar-refractivity contribution in [1.82, 2.24) is 14.7 Å². The Bertz CT molecular complexity index is 665. The van der Waals surface area contributed by atoms with Gasteiger partial charge in [-0.25, -0.2) is 4.79 Å². The van der Waals surface area contributed by atoms with Crippen LogP contribution in [0.2, 0.25) is 0 Å². The van der Waals surface area contributed by atoms with Crippen LogP contribution in [0, 0.1) is 5.92 Å². The summed E-state index contributed by atoms with van der Waals surface area (Å²) in [6, 6.07) is 3.56. The number of hydrogen-bond acceptors (Lipinski definition) is 4. The number of likely N-dealkylation sites (tertiary alicyclic amines) is 1. The van der Waals surface area contributed by atoms with E-state index in [9.17, 15) is 9.59 Å². The number of thiophene rings is 1. The number of Topliss-reactive ketones (excluding diaryl/α,β-unsaturated/α-hetero) is 1. The largest absolute Gasteiger partial charge is 0.324 e. The highest BCUT2D eigenvalue weighted by atomic mass is 32.1. The summed E-state index contributed by atoms with van der Waals surface area (Å²) in [5.74, 6) is 0.0425. The van der Waals surface area contributed by atoms with E-state index >= 15 is 0 Å². The van der Waals surface area contributed by atoms with E-state index in [2.05, 4.69) is 10.4 Å². The van der Waals surface area contributed by atoms with E-state index in [0.29, 0.717) is 18.8 Å². The second-order valence-electron chi connectivity index (χ2n) is 5.46. The number of anilines is 1. The minimum Gasteiger partial charge on any atom is -0.324 e. The maximum Gasteiger partial charge on any atom is 0.321 e. The predicted octanol–water partition coefficient (Wildman–Crippen LogP) is 2.61. The SMILES string of the molecule is Cn1cc(NC(=O)N2CCC[C@@H](C(=O)c3cccs3)C2)cn1. The molecule has 7 heteroatoms. The number of nitrogens with zero attached hydrogens (tertiary/aromatic N) is 3. The molecule has 0 aromatic carbocycles. The van der Waals surface area contributed by atoms with Gasteiger partial charge in [-0.3, -0.25) is 9.48 Å². The van der Waals surface area contributed by atoms with Crippen molar-refractivity contribution in [3.8, 4) is 0 Å². The number of aryl methyl sites for hydroxylation is 1. The Labute approximate surface area is 132 Å². The van der Waals surface area contributed by atoms with Crippen LogP contribution in [0.1, 0.15) is 22.5 Å². The van der Waals surface area contributed by atoms with Gasteiger partial charge in [0.05, 0.1) is 16.8 Å². The fourth-order valence-electron chi connectivity index (χ4n) is 2.68. The standard InChI is InChI=1S/C15H18N4O2S/c1-18-10-12(8-16-18)17-15(21)19-6-2-4-11(9-19)14(20)13-5-3-7-22-13/h3,5,7-8,10-11H,2,4,6,9H2,1H3,(H,17,21)/t11-/m1/s1. The summed E-state index contributed by atoms with van der Waals surface area (Å²) in [6.07, 6.45) is 5.04. The predicted molar refractivity (Wildman–Crippen MR) is 85.2 cm³/mol. The van der Waals surface area contributed by atoms with Crippen LogP contribution in [0.3, 0.4) is 0 Å². The van der Waals surface area contributed by atoms with Gasteiger partial charge in [0.1, 0.15) is 0 Å². The van der Waals surface area contributed by atoms with Crippen LogP contribution >= 0.6 is 11.3 Å². The second-order valence-corrected chi connectivity index (χ2v) is 6.41. The molecule has 2 aromatic heterocycles. The van der Waals surface area contributed by atoms with Crippen LogP contribution in [0.4, 0.5) is 10.5 Å². The molecule has 1 N–H and O–H groups in total. The number of carbonyl (C=O) groups excluding carboxylic acids is 2. The number of aromatic nitrogens is 2. The van der Waals surface area contributed by atoms with Gasteiger partial charge in [0.15, 0.2) is 5.78 Å². The fraction of sp³-hybridized carbons (Fsp3) is 0.400. The van der Waals surface area contributed by atoms with Crippen LogP contribution in [0.25, 0.3) is 0 Å². The average molecular weight is 318 g/mol. The third-order valence-electron chi connectivity index (χ3n) is 3.80. The Balaban J connectivity index is 1.62. The van der Waals surface area contributed by atoms with Crippen molar-refractivity contribution in [2.24, 2.45) is 13.0 Å². The van der Waals surface area contributed by atoms with E-state index < -0.39 is 0 Å². The molecule has 3 rings (SSSR count). The molecule has 3 heterocycles. The van der Waals surface area contributed by atoms with Crippen molar-refractivity contribution in [1.29, 1.82) is 0 Å². The summed E-state index contributed by atoms with van der Waals surface area (Å²) >= 11 is 1.46. The molecule has 1 fully saturated rings. The van der Waals surface area contributed by atoms with Gasteiger partial charge in [-0.2, -0.15) is 5.10 Å². The monoisotopic (exact) mass is 318 g/mol. The molecule has 22 heavy (non-hydrogen) atoms. The zero-order valence-corrected chi connectivity index (χ0v) is 13.2. The highest BCUT2D eigenvalue weighted by Crippen LogP contribution is 2.23. The molecule has 1 atom stereocenters. The lowest BCUT2D eigenvalue weighted by molar-refractivity contribution is 0.0856. The Morgan fingerprint density at radius 3 is 3.00 bits per heavy atom. The number of ketones is 1. The summed E-state index contributed by atoms with van der Waals surface area (Å²) in [4.78, 5) is 27.2. The highest BCUT2D eigenvalue weighted by Gasteiger charge is 2.29. The van der Waals surface area contributed by atoms with Gasteiger partial charge in [-0.05, 0) is 24.3 Å². The summed E-state index contributed by atoms with van der Waals surface area (Å²) in [5, 5.41) is 8.75. The number of hydrogen-bond donors (Lipinski definition) is 1. The maximum atomic E-state index is 12.4. The van der Waals surface area contributed by atoms with Crippen molar-refractivity contribution in [3.63, 3.8) is 0 Å². The molecule has 1 aliphatic rings. The molecule has 0 bridgehead atoms. The van der Waals surface area contributed by atoms with Gasteiger partial charge >= 0.3 is 6.03 Å². The third kappa shape index (κ3) is 3.19. The first-order valence-electron chi connectivity index (χ1n) is 7.26. The smallest absolute Gasteiger partial charge is 0.321 e. The zero-order valence-electron chi connectivity index (χ0n) is 12.4. The second kappa shape index (κ2) is 6.31. The van der Waals surface area contributed by atoms with Gasteiger partial charge in [0.2, 0.25) is 0 Å². The average Bonchev–Trinajstić information content (AvgIpc) is 3.18. The number of piperidine rings is 1. The molecule has 6 nitrogen and oxygen atoms in total. The molecule has 2 amide bonds. The van der Waals surface area contributed by atoms with Gasteiger partial charge in [-0.1, -0.05) is 6.07 Å². The topological polar surface area (TPSA) is 67.2 Å². The molecule has 0 unspecified atom stereocenters. The van der Waals surface area contributed by atoms with Gasteiger partial charge in [0.25, 0.3) is 0 Å². The van der Waals surface area contributed by atoms with Gasteiger partial charge < -0.3 is 10.2 Å². The van der Waals surface area contributed by atoms with Crippen LogP contribution < -0.4 is 5.32 Å². The van der Waals surface area contributed by atoms with Crippen molar-refractivity contribution >= 4 is 28.8 Å². The van der Waals surface area contributed by atoms with Crippen molar-refractivity contribution in [2.45, 2.75) is 12.8 Å². The Kier molecular flexibility index (Phi) is 4.24. The lowest BCUT2D eigenvalue weighted by Gasteiger charge is -2.31. The summed E-state index contributed by atoms with van der Waals surface area (Å²) in [5.41, 5.74) is 0.666. The van der Waals surface area contributed by atoms with E-state index in [4.69, 9.17) is 0 Å². The van der Waals surface area contributed by atoms with Crippen LogP contribution in [-0.4, -0.2) is 39.6 Å². The van der Waals surface area contributed by atoms with Crippen molar-refractivity contribution < 1.29 is 9.59 Å². The number of carbonyl (C=O) groups is 2. The molecule has 0 spiro atoms. The quantitative estimate of drug-likeness (QED) is 0.885. The molecule has 0 radical (unpaired) electrons. The first kappa shape index (κ1) is 14.8. The summed E-state index contributed by atoms with van der Waals surface area (Å²) in [7, 11) is 1.80. The molecule has 0 aliphatic carbocycles. The van der Waals surface area contributed by atoms with E-state index in [1.54, 1.807) is 29.0 Å². The lowest BCUT2D eigenvalue weighted by atomic mass is 9.93. The fourth-order valence-corrected chi connectivity index (χ4v) is 3.43. The zero-order chi connectivity index (χ0) is 15.5. The molecular weight excluding hydrogens is 300 g/mol. The Morgan fingerprint density at radius 1 is 1.45 bits per heavy atom. The summed E-state index contributed by atoms with van der Waals surface area (Å²) < 4.78 is 1.63. The normalized spacial score (nSPS) is 18.2. The number of rotatable bonds is 3. The van der Waals surface area contributed by atoms with E-state index in [1.165, 1.54) is 11.3 Å². The highest BCUT2D eigenvalue weighted by molar-refractivity contribution is 7.12. The number of amides is 2.